The van der Waals surface area contributed by atoms with Gasteiger partial charge in [0.25, 0.3) is 0 Å². The van der Waals surface area contributed by atoms with E-state index in [2.05, 4.69) is 5.32 Å². The number of morpholine rings is 1. The minimum Gasteiger partial charge on any atom is -0.460 e. The zero-order chi connectivity index (χ0) is 5.56. The summed E-state index contributed by atoms with van der Waals surface area (Å²) in [6.45, 7) is 0.858. The third-order valence-corrected chi connectivity index (χ3v) is 1.66. The van der Waals surface area contributed by atoms with Crippen molar-refractivity contribution in [2.24, 2.45) is 0 Å². The molecule has 1 N–H and O–H groups in total. The second-order valence-electron chi connectivity index (χ2n) is 2.26. The molecule has 2 atom stereocenters. The SMILES string of the molecule is Br.O=C1O[C@@H]2CNC1C2. The molecular weight excluding hydrogens is 186 g/mol. The summed E-state index contributed by atoms with van der Waals surface area (Å²) in [6, 6.07) is 0.0278. The maximum absolute atomic E-state index is 10.6. The molecule has 3 nitrogen and oxygen atoms in total. The van der Waals surface area contributed by atoms with E-state index in [4.69, 9.17) is 4.74 Å². The van der Waals surface area contributed by atoms with E-state index >= 15 is 0 Å². The maximum Gasteiger partial charge on any atom is 0.323 e. The molecular formula is C5H8BrNO2. The van der Waals surface area contributed by atoms with Crippen molar-refractivity contribution in [2.45, 2.75) is 18.6 Å². The normalized spacial score (nSPS) is 38.0. The number of carbonyl (C=O) groups is 1. The molecule has 2 saturated heterocycles. The van der Waals surface area contributed by atoms with Crippen molar-refractivity contribution < 1.29 is 9.53 Å². The number of rotatable bonds is 0. The van der Waals surface area contributed by atoms with Crippen molar-refractivity contribution >= 4 is 23.0 Å². The topological polar surface area (TPSA) is 38.3 Å². The number of fused-ring (bicyclic) bond motifs is 2. The number of hydrogen-bond donors (Lipinski definition) is 1. The van der Waals surface area contributed by atoms with E-state index in [0.29, 0.717) is 0 Å². The Labute approximate surface area is 63.5 Å². The zero-order valence-electron chi connectivity index (χ0n) is 4.79. The van der Waals surface area contributed by atoms with Crippen LogP contribution >= 0.6 is 17.0 Å². The number of ether oxygens (including phenoxy) is 1. The van der Waals surface area contributed by atoms with Crippen LogP contribution in [0.1, 0.15) is 6.42 Å². The van der Waals surface area contributed by atoms with E-state index in [1.807, 2.05) is 0 Å². The van der Waals surface area contributed by atoms with Crippen molar-refractivity contribution in [3.05, 3.63) is 0 Å². The van der Waals surface area contributed by atoms with E-state index in [0.717, 1.165) is 13.0 Å². The molecule has 0 spiro atoms. The van der Waals surface area contributed by atoms with Crippen molar-refractivity contribution in [1.29, 1.82) is 0 Å². The van der Waals surface area contributed by atoms with Gasteiger partial charge in [0.1, 0.15) is 12.1 Å². The van der Waals surface area contributed by atoms with Gasteiger partial charge in [-0.3, -0.25) is 4.79 Å². The van der Waals surface area contributed by atoms with Crippen LogP contribution < -0.4 is 5.32 Å². The van der Waals surface area contributed by atoms with Gasteiger partial charge in [-0.05, 0) is 0 Å². The summed E-state index contributed by atoms with van der Waals surface area (Å²) >= 11 is 0. The molecule has 0 amide bonds. The summed E-state index contributed by atoms with van der Waals surface area (Å²) in [7, 11) is 0. The van der Waals surface area contributed by atoms with Gasteiger partial charge in [-0.25, -0.2) is 0 Å². The number of esters is 1. The van der Waals surface area contributed by atoms with Crippen LogP contribution in [0.2, 0.25) is 0 Å². The highest BCUT2D eigenvalue weighted by molar-refractivity contribution is 8.93. The second-order valence-corrected chi connectivity index (χ2v) is 2.26. The molecule has 52 valence electrons. The quantitative estimate of drug-likeness (QED) is 0.545. The third-order valence-electron chi connectivity index (χ3n) is 1.66. The van der Waals surface area contributed by atoms with Gasteiger partial charge in [-0.15, -0.1) is 17.0 Å². The van der Waals surface area contributed by atoms with Crippen molar-refractivity contribution in [3.63, 3.8) is 0 Å². The molecule has 0 aromatic rings. The summed E-state index contributed by atoms with van der Waals surface area (Å²) in [6.07, 6.45) is 1.08. The number of carbonyl (C=O) groups excluding carboxylic acids is 1. The number of nitrogens with one attached hydrogen (secondary N) is 1. The van der Waals surface area contributed by atoms with Gasteiger partial charge in [0.05, 0.1) is 0 Å². The maximum atomic E-state index is 10.6. The molecule has 2 aliphatic rings. The Balaban J connectivity index is 0.000000405. The average Bonchev–Trinajstić information content (AvgIpc) is 2.23. The lowest BCUT2D eigenvalue weighted by molar-refractivity contribution is -0.145. The lowest BCUT2D eigenvalue weighted by Crippen LogP contribution is -2.35. The highest BCUT2D eigenvalue weighted by atomic mass is 79.9. The summed E-state index contributed by atoms with van der Waals surface area (Å²) < 4.78 is 4.86. The second kappa shape index (κ2) is 2.27. The molecule has 4 heteroatoms. The summed E-state index contributed by atoms with van der Waals surface area (Å²) in [5, 5.41) is 3.03. The Morgan fingerprint density at radius 1 is 1.67 bits per heavy atom. The van der Waals surface area contributed by atoms with Crippen molar-refractivity contribution in [3.8, 4) is 0 Å². The fourth-order valence-electron chi connectivity index (χ4n) is 1.22. The largest absolute Gasteiger partial charge is 0.460 e. The van der Waals surface area contributed by atoms with E-state index in [1.165, 1.54) is 0 Å². The monoisotopic (exact) mass is 193 g/mol. The van der Waals surface area contributed by atoms with E-state index in [1.54, 1.807) is 0 Å². The van der Waals surface area contributed by atoms with Gasteiger partial charge in [0, 0.05) is 13.0 Å². The van der Waals surface area contributed by atoms with Crippen molar-refractivity contribution in [1.82, 2.24) is 5.32 Å². The first-order valence-corrected chi connectivity index (χ1v) is 2.80. The minimum absolute atomic E-state index is 0. The smallest absolute Gasteiger partial charge is 0.323 e. The Morgan fingerprint density at radius 3 is 2.67 bits per heavy atom. The van der Waals surface area contributed by atoms with Gasteiger partial charge in [0.15, 0.2) is 0 Å². The molecule has 1 unspecified atom stereocenters. The third kappa shape index (κ3) is 0.966. The Hall–Kier alpha value is -0.0900. The predicted molar refractivity (Wildman–Crippen MR) is 36.6 cm³/mol. The molecule has 2 fully saturated rings. The van der Waals surface area contributed by atoms with Crippen LogP contribution in [0.4, 0.5) is 0 Å². The van der Waals surface area contributed by atoms with Crippen LogP contribution in [0.25, 0.3) is 0 Å². The van der Waals surface area contributed by atoms with E-state index in [-0.39, 0.29) is 35.1 Å². The molecule has 0 saturated carbocycles. The molecule has 2 aliphatic heterocycles. The van der Waals surface area contributed by atoms with E-state index in [9.17, 15) is 4.79 Å². The standard InChI is InChI=1S/C5H7NO2.BrH/c7-5-4-1-3(8-5)2-6-4;/h3-4,6H,1-2H2;1H/t3-,4?;/m0./s1. The van der Waals surface area contributed by atoms with Gasteiger partial charge in [0.2, 0.25) is 0 Å². The highest BCUT2D eigenvalue weighted by Crippen LogP contribution is 2.19. The Morgan fingerprint density at radius 2 is 2.44 bits per heavy atom. The van der Waals surface area contributed by atoms with Crippen LogP contribution in [0.15, 0.2) is 0 Å². The zero-order valence-corrected chi connectivity index (χ0v) is 6.51. The molecule has 9 heavy (non-hydrogen) atoms. The van der Waals surface area contributed by atoms with Crippen molar-refractivity contribution in [2.75, 3.05) is 6.54 Å². The lowest BCUT2D eigenvalue weighted by Gasteiger charge is -2.09. The van der Waals surface area contributed by atoms with Gasteiger partial charge >= 0.3 is 5.97 Å². The highest BCUT2D eigenvalue weighted by Gasteiger charge is 2.39. The number of hydrogen-bond acceptors (Lipinski definition) is 3. The molecule has 2 bridgehead atoms. The Kier molecular flexibility index (Phi) is 1.77. The Bertz CT molecular complexity index is 139. The van der Waals surface area contributed by atoms with Gasteiger partial charge in [-0.2, -0.15) is 0 Å². The van der Waals surface area contributed by atoms with Crippen LogP contribution in [-0.4, -0.2) is 24.7 Å². The minimum atomic E-state index is -0.0683. The van der Waals surface area contributed by atoms with Crippen LogP contribution in [0.3, 0.4) is 0 Å². The van der Waals surface area contributed by atoms with Crippen LogP contribution in [0.5, 0.6) is 0 Å². The average molecular weight is 194 g/mol. The van der Waals surface area contributed by atoms with Gasteiger partial charge < -0.3 is 10.1 Å². The summed E-state index contributed by atoms with van der Waals surface area (Å²) in [5.74, 6) is -0.0683. The first-order chi connectivity index (χ1) is 3.86. The fraction of sp³-hybridized carbons (Fsp3) is 0.800. The molecule has 0 aliphatic carbocycles. The summed E-state index contributed by atoms with van der Waals surface area (Å²) in [5.41, 5.74) is 0. The first-order valence-electron chi connectivity index (χ1n) is 2.80. The molecule has 0 aromatic carbocycles. The van der Waals surface area contributed by atoms with E-state index < -0.39 is 0 Å². The summed E-state index contributed by atoms with van der Waals surface area (Å²) in [4.78, 5) is 10.6. The van der Waals surface area contributed by atoms with Gasteiger partial charge in [-0.1, -0.05) is 0 Å². The fourth-order valence-corrected chi connectivity index (χ4v) is 1.22. The molecule has 0 radical (unpaired) electrons. The first kappa shape index (κ1) is 7.02. The molecule has 2 heterocycles. The molecule has 2 rings (SSSR count). The van der Waals surface area contributed by atoms with Crippen LogP contribution in [-0.2, 0) is 9.53 Å². The van der Waals surface area contributed by atoms with Crippen LogP contribution in [0, 0.1) is 0 Å². The lowest BCUT2D eigenvalue weighted by atomic mass is 10.2. The predicted octanol–water partition coefficient (Wildman–Crippen LogP) is -0.148. The number of halogens is 1. The molecule has 0 aromatic heterocycles.